The molecule has 8 aromatic rings. The number of aryl methyl sites for hydroxylation is 3. The van der Waals surface area contributed by atoms with Gasteiger partial charge in [0.25, 0.3) is 0 Å². The van der Waals surface area contributed by atoms with Gasteiger partial charge in [-0.1, -0.05) is 79.7 Å². The second-order valence-electron chi connectivity index (χ2n) is 14.7. The van der Waals surface area contributed by atoms with Gasteiger partial charge < -0.3 is 14.5 Å². The van der Waals surface area contributed by atoms with E-state index in [-0.39, 0.29) is 5.41 Å². The summed E-state index contributed by atoms with van der Waals surface area (Å²) in [6.45, 7) is 12.0. The van der Waals surface area contributed by atoms with E-state index in [9.17, 15) is 0 Å². The molecule has 0 saturated heterocycles. The number of aromatic nitrogens is 2. The van der Waals surface area contributed by atoms with Crippen LogP contribution in [-0.2, 0) is 5.41 Å². The highest BCUT2D eigenvalue weighted by Gasteiger charge is 2.34. The van der Waals surface area contributed by atoms with Crippen molar-refractivity contribution < 1.29 is 4.74 Å². The quantitative estimate of drug-likeness (QED) is 0.171. The van der Waals surface area contributed by atoms with Crippen LogP contribution in [0.1, 0.15) is 41.7 Å². The van der Waals surface area contributed by atoms with Crippen LogP contribution in [0, 0.1) is 20.8 Å². The summed E-state index contributed by atoms with van der Waals surface area (Å²) >= 11 is 1.87. The first-order chi connectivity index (χ1) is 25.2. The van der Waals surface area contributed by atoms with E-state index in [1.807, 2.05) is 24.0 Å². The Morgan fingerprint density at radius 3 is 2.23 bits per heavy atom. The fourth-order valence-corrected chi connectivity index (χ4v) is 10.1. The summed E-state index contributed by atoms with van der Waals surface area (Å²) in [5, 5.41) is 3.46. The molecular weight excluding hydrogens is 657 g/mol. The van der Waals surface area contributed by atoms with Crippen molar-refractivity contribution in [3.63, 3.8) is 0 Å². The number of pyridine rings is 1. The van der Waals surface area contributed by atoms with Crippen molar-refractivity contribution in [1.29, 1.82) is 0 Å². The minimum Gasteiger partial charge on any atom is -0.457 e. The molecular formula is C46H38N4OS. The average molecular weight is 695 g/mol. The van der Waals surface area contributed by atoms with Crippen molar-refractivity contribution in [2.75, 3.05) is 16.5 Å². The maximum absolute atomic E-state index is 6.65. The van der Waals surface area contributed by atoms with Crippen molar-refractivity contribution in [2.24, 2.45) is 0 Å². The van der Waals surface area contributed by atoms with Gasteiger partial charge in [-0.15, -0.1) is 0 Å². The molecule has 0 unspecified atom stereocenters. The number of nitrogens with zero attached hydrogens (tertiary/aromatic N) is 4. The van der Waals surface area contributed by atoms with Gasteiger partial charge in [0.2, 0.25) is 0 Å². The molecule has 2 aromatic heterocycles. The second kappa shape index (κ2) is 11.4. The minimum atomic E-state index is -0.104. The standard InChI is InChI=1S/C46H38N4OS/c1-28-21-29(2)44(30(3)22-28)50-27-49(39-14-7-8-15-40(39)50)31-11-10-12-32(23-31)51-33-17-18-34-35-25-43-38(46(4,5)37-13-6-9-16-42(37)52-43)26-41(35)48-20-19-47-45(48)36(34)24-33/h6-26H,27H2,1-5H3. The fraction of sp³-hybridized carbons (Fsp3) is 0.152. The second-order valence-corrected chi connectivity index (χ2v) is 15.8. The lowest BCUT2D eigenvalue weighted by Crippen LogP contribution is -2.25. The smallest absolute Gasteiger partial charge is 0.145 e. The molecule has 0 atom stereocenters. The predicted molar refractivity (Wildman–Crippen MR) is 216 cm³/mol. The number of anilines is 4. The van der Waals surface area contributed by atoms with Crippen LogP contribution in [-0.4, -0.2) is 16.1 Å². The zero-order valence-electron chi connectivity index (χ0n) is 29.9. The van der Waals surface area contributed by atoms with Gasteiger partial charge in [0.15, 0.2) is 0 Å². The van der Waals surface area contributed by atoms with Crippen molar-refractivity contribution in [3.05, 3.63) is 155 Å². The van der Waals surface area contributed by atoms with E-state index in [1.54, 1.807) is 0 Å². The number of imidazole rings is 1. The largest absolute Gasteiger partial charge is 0.457 e. The zero-order chi connectivity index (χ0) is 35.3. The summed E-state index contributed by atoms with van der Waals surface area (Å²) in [6.07, 6.45) is 3.98. The molecule has 2 aliphatic rings. The highest BCUT2D eigenvalue weighted by molar-refractivity contribution is 7.99. The van der Waals surface area contributed by atoms with Crippen LogP contribution in [0.15, 0.2) is 137 Å². The van der Waals surface area contributed by atoms with Gasteiger partial charge in [0, 0.05) is 55.8 Å². The van der Waals surface area contributed by atoms with Crippen LogP contribution in [0.3, 0.4) is 0 Å². The Bertz CT molecular complexity index is 2740. The van der Waals surface area contributed by atoms with E-state index in [1.165, 1.54) is 71.0 Å². The maximum atomic E-state index is 6.65. The number of rotatable bonds is 4. The summed E-state index contributed by atoms with van der Waals surface area (Å²) in [4.78, 5) is 12.3. The molecule has 0 radical (unpaired) electrons. The molecule has 2 aliphatic heterocycles. The van der Waals surface area contributed by atoms with Crippen molar-refractivity contribution >= 4 is 61.8 Å². The number of hydrogen-bond donors (Lipinski definition) is 0. The lowest BCUT2D eigenvalue weighted by atomic mass is 9.77. The summed E-state index contributed by atoms with van der Waals surface area (Å²) in [5.74, 6) is 1.58. The lowest BCUT2D eigenvalue weighted by molar-refractivity contribution is 0.483. The van der Waals surface area contributed by atoms with Gasteiger partial charge in [-0.3, -0.25) is 4.40 Å². The Labute approximate surface area is 308 Å². The fourth-order valence-electron chi connectivity index (χ4n) is 8.67. The first-order valence-corrected chi connectivity index (χ1v) is 18.7. The molecule has 0 spiro atoms. The SMILES string of the molecule is Cc1cc(C)c(N2CN(c3cccc(Oc4ccc5c6cc7c(cc6n6ccnc6c5c4)C(C)(C)c4ccccc4S7)c3)c3ccccc32)c(C)c1. The van der Waals surface area contributed by atoms with Crippen LogP contribution in [0.2, 0.25) is 0 Å². The average Bonchev–Trinajstić information content (AvgIpc) is 3.78. The van der Waals surface area contributed by atoms with E-state index < -0.39 is 0 Å². The van der Waals surface area contributed by atoms with E-state index in [0.29, 0.717) is 0 Å². The van der Waals surface area contributed by atoms with E-state index in [0.717, 1.165) is 34.9 Å². The van der Waals surface area contributed by atoms with Crippen LogP contribution in [0.4, 0.5) is 22.7 Å². The van der Waals surface area contributed by atoms with Crippen molar-refractivity contribution in [3.8, 4) is 11.5 Å². The third-order valence-corrected chi connectivity index (χ3v) is 12.1. The highest BCUT2D eigenvalue weighted by atomic mass is 32.2. The molecule has 4 heterocycles. The third kappa shape index (κ3) is 4.67. The van der Waals surface area contributed by atoms with Gasteiger partial charge in [0.1, 0.15) is 23.8 Å². The zero-order valence-corrected chi connectivity index (χ0v) is 30.8. The normalized spacial score (nSPS) is 14.6. The summed E-state index contributed by atoms with van der Waals surface area (Å²) in [5.41, 5.74) is 13.3. The topological polar surface area (TPSA) is 33.0 Å². The lowest BCUT2D eigenvalue weighted by Gasteiger charge is -2.35. The van der Waals surface area contributed by atoms with Crippen LogP contribution >= 0.6 is 11.8 Å². The molecule has 52 heavy (non-hydrogen) atoms. The van der Waals surface area contributed by atoms with Crippen molar-refractivity contribution in [1.82, 2.24) is 9.38 Å². The highest BCUT2D eigenvalue weighted by Crippen LogP contribution is 2.51. The molecule has 0 amide bonds. The maximum Gasteiger partial charge on any atom is 0.145 e. The van der Waals surface area contributed by atoms with Gasteiger partial charge >= 0.3 is 0 Å². The summed E-state index contributed by atoms with van der Waals surface area (Å²) in [6, 6.07) is 41.7. The minimum absolute atomic E-state index is 0.104. The van der Waals surface area contributed by atoms with E-state index in [4.69, 9.17) is 9.72 Å². The molecule has 6 aromatic carbocycles. The van der Waals surface area contributed by atoms with Crippen LogP contribution in [0.5, 0.6) is 11.5 Å². The molecule has 0 aliphatic carbocycles. The molecule has 0 fully saturated rings. The van der Waals surface area contributed by atoms with Gasteiger partial charge in [0.05, 0.1) is 16.9 Å². The van der Waals surface area contributed by atoms with Crippen LogP contribution < -0.4 is 14.5 Å². The first kappa shape index (κ1) is 31.1. The van der Waals surface area contributed by atoms with Crippen molar-refractivity contribution in [2.45, 2.75) is 49.8 Å². The van der Waals surface area contributed by atoms with Gasteiger partial charge in [-0.05, 0) is 109 Å². The van der Waals surface area contributed by atoms with E-state index in [2.05, 4.69) is 164 Å². The summed E-state index contributed by atoms with van der Waals surface area (Å²) in [7, 11) is 0. The number of benzene rings is 6. The Kier molecular flexibility index (Phi) is 6.80. The Morgan fingerprint density at radius 2 is 1.40 bits per heavy atom. The first-order valence-electron chi connectivity index (χ1n) is 17.9. The Balaban J connectivity index is 1.02. The number of para-hydroxylation sites is 2. The number of hydrogen-bond acceptors (Lipinski definition) is 5. The van der Waals surface area contributed by atoms with Crippen LogP contribution in [0.25, 0.3) is 27.3 Å². The number of fused-ring (bicyclic) bond motifs is 9. The van der Waals surface area contributed by atoms with Gasteiger partial charge in [-0.25, -0.2) is 4.98 Å². The molecule has 0 bridgehead atoms. The number of ether oxygens (including phenoxy) is 1. The molecule has 6 heteroatoms. The Hall–Kier alpha value is -5.72. The Morgan fingerprint density at radius 1 is 0.654 bits per heavy atom. The monoisotopic (exact) mass is 694 g/mol. The summed E-state index contributed by atoms with van der Waals surface area (Å²) < 4.78 is 8.88. The molecule has 0 saturated carbocycles. The van der Waals surface area contributed by atoms with Gasteiger partial charge in [-0.2, -0.15) is 0 Å². The molecule has 5 nitrogen and oxygen atoms in total. The molecule has 10 rings (SSSR count). The molecule has 254 valence electrons. The predicted octanol–water partition coefficient (Wildman–Crippen LogP) is 12.4. The van der Waals surface area contributed by atoms with E-state index >= 15 is 0 Å². The third-order valence-electron chi connectivity index (χ3n) is 11.0. The molecule has 0 N–H and O–H groups in total.